The average molecular weight is 473 g/mol. The topological polar surface area (TPSA) is 189 Å². The second kappa shape index (κ2) is 12.2. The van der Waals surface area contributed by atoms with E-state index in [1.807, 2.05) is 0 Å². The van der Waals surface area contributed by atoms with Crippen LogP contribution in [0.2, 0.25) is 0 Å². The van der Waals surface area contributed by atoms with Gasteiger partial charge in [0.15, 0.2) is 0 Å². The van der Waals surface area contributed by atoms with Gasteiger partial charge >= 0.3 is 23.9 Å². The number of hydrogen-bond donors (Lipinski definition) is 3. The van der Waals surface area contributed by atoms with Crippen LogP contribution in [0.15, 0.2) is 0 Å². The van der Waals surface area contributed by atoms with E-state index in [1.54, 1.807) is 4.90 Å². The molecule has 3 N–H and O–H groups in total. The first-order chi connectivity index (χ1) is 15.5. The molecule has 0 aromatic carbocycles. The van der Waals surface area contributed by atoms with Gasteiger partial charge in [-0.3, -0.25) is 43.6 Å². The lowest BCUT2D eigenvalue weighted by Crippen LogP contribution is -2.53. The smallest absolute Gasteiger partial charge is 0.347 e. The van der Waals surface area contributed by atoms with Crippen molar-refractivity contribution in [1.29, 1.82) is 0 Å². The Kier molecular flexibility index (Phi) is 9.65. The number of carboxylic acids is 3. The molecular formula is C18H27N5O10. The van der Waals surface area contributed by atoms with E-state index >= 15 is 0 Å². The number of carboxylic acid groups (broad SMARTS) is 3. The lowest BCUT2D eigenvalue weighted by molar-refractivity contribution is -0.198. The van der Waals surface area contributed by atoms with Crippen LogP contribution >= 0.6 is 0 Å². The summed E-state index contributed by atoms with van der Waals surface area (Å²) >= 11 is 0. The third-order valence-corrected chi connectivity index (χ3v) is 4.89. The summed E-state index contributed by atoms with van der Waals surface area (Å²) in [6.07, 6.45) is -0.0894. The van der Waals surface area contributed by atoms with E-state index in [0.29, 0.717) is 5.06 Å². The van der Waals surface area contributed by atoms with Gasteiger partial charge < -0.3 is 20.2 Å². The molecule has 0 aliphatic carbocycles. The van der Waals surface area contributed by atoms with Crippen LogP contribution in [0.25, 0.3) is 0 Å². The highest BCUT2D eigenvalue weighted by Gasteiger charge is 2.33. The summed E-state index contributed by atoms with van der Waals surface area (Å²) in [5.41, 5.74) is 0. The quantitative estimate of drug-likeness (QED) is 0.287. The Labute approximate surface area is 188 Å². The van der Waals surface area contributed by atoms with Crippen LogP contribution in [-0.4, -0.2) is 141 Å². The van der Waals surface area contributed by atoms with Gasteiger partial charge in [0.25, 0.3) is 11.8 Å². The molecule has 2 aliphatic heterocycles. The molecule has 184 valence electrons. The largest absolute Gasteiger partial charge is 0.480 e. The summed E-state index contributed by atoms with van der Waals surface area (Å²) in [4.78, 5) is 80.1. The number of hydroxylamine groups is 2. The van der Waals surface area contributed by atoms with E-state index in [2.05, 4.69) is 0 Å². The van der Waals surface area contributed by atoms with Crippen molar-refractivity contribution in [3.8, 4) is 0 Å². The van der Waals surface area contributed by atoms with Gasteiger partial charge in [0.2, 0.25) is 0 Å². The number of amides is 2. The first-order valence-electron chi connectivity index (χ1n) is 10.1. The molecule has 0 spiro atoms. The zero-order valence-electron chi connectivity index (χ0n) is 17.9. The number of carbonyl (C=O) groups excluding carboxylic acids is 3. The Morgan fingerprint density at radius 3 is 1.45 bits per heavy atom. The predicted octanol–water partition coefficient (Wildman–Crippen LogP) is -3.02. The molecule has 2 rings (SSSR count). The number of aliphatic carboxylic acids is 3. The average Bonchev–Trinajstić information content (AvgIpc) is 2.99. The Bertz CT molecular complexity index is 745. The fourth-order valence-corrected chi connectivity index (χ4v) is 3.49. The van der Waals surface area contributed by atoms with Crippen LogP contribution < -0.4 is 0 Å². The standard InChI is InChI=1S/C18H27N5O10/c24-13-1-2-14(25)23(13)33-18(32)10-19-3-5-20(7-15(26)27)11-22(9-17(30)31)12-21(6-4-19)8-16(28)29/h1-12H2,(H,26,27)(H,28,29)(H,30,31). The second-order valence-corrected chi connectivity index (χ2v) is 7.72. The molecule has 2 amide bonds. The summed E-state index contributed by atoms with van der Waals surface area (Å²) in [7, 11) is 0. The Morgan fingerprint density at radius 2 is 1.03 bits per heavy atom. The minimum atomic E-state index is -1.15. The van der Waals surface area contributed by atoms with Crippen molar-refractivity contribution in [3.05, 3.63) is 0 Å². The molecule has 0 atom stereocenters. The summed E-state index contributed by atoms with van der Waals surface area (Å²) in [6, 6.07) is 0. The van der Waals surface area contributed by atoms with Crippen molar-refractivity contribution < 1.29 is 48.9 Å². The van der Waals surface area contributed by atoms with Crippen molar-refractivity contribution in [1.82, 2.24) is 24.7 Å². The highest BCUT2D eigenvalue weighted by atomic mass is 16.7. The van der Waals surface area contributed by atoms with E-state index in [0.717, 1.165) is 0 Å². The molecule has 0 aromatic heterocycles. The number of nitrogens with zero attached hydrogens (tertiary/aromatic N) is 5. The first-order valence-corrected chi connectivity index (χ1v) is 10.1. The van der Waals surface area contributed by atoms with E-state index < -0.39 is 55.3 Å². The molecule has 0 aromatic rings. The third-order valence-electron chi connectivity index (χ3n) is 4.89. The maximum Gasteiger partial charge on any atom is 0.347 e. The van der Waals surface area contributed by atoms with E-state index in [-0.39, 0.29) is 58.9 Å². The highest BCUT2D eigenvalue weighted by molar-refractivity contribution is 6.01. The number of carbonyl (C=O) groups is 6. The number of hydrogen-bond acceptors (Lipinski definition) is 11. The fourth-order valence-electron chi connectivity index (χ4n) is 3.49. The van der Waals surface area contributed by atoms with Crippen LogP contribution in [0.1, 0.15) is 12.8 Å². The maximum absolute atomic E-state index is 12.3. The number of imide groups is 1. The number of rotatable bonds is 9. The Morgan fingerprint density at radius 1 is 0.636 bits per heavy atom. The molecule has 15 heteroatoms. The SMILES string of the molecule is O=C(O)CN1CCN(CC(=O)ON2C(=O)CCC2=O)CCN(CC(=O)O)CN(CC(=O)O)C1. The summed E-state index contributed by atoms with van der Waals surface area (Å²) in [5.74, 6) is -5.52. The zero-order valence-corrected chi connectivity index (χ0v) is 17.9. The fraction of sp³-hybridized carbons (Fsp3) is 0.667. The normalized spacial score (nSPS) is 20.1. The van der Waals surface area contributed by atoms with Gasteiger partial charge in [0.1, 0.15) is 0 Å². The van der Waals surface area contributed by atoms with Crippen molar-refractivity contribution in [2.75, 3.05) is 65.7 Å². The van der Waals surface area contributed by atoms with E-state index in [4.69, 9.17) is 9.94 Å². The minimum Gasteiger partial charge on any atom is -0.480 e. The van der Waals surface area contributed by atoms with Crippen molar-refractivity contribution >= 4 is 35.7 Å². The third kappa shape index (κ3) is 9.09. The molecule has 2 aliphatic rings. The molecule has 15 nitrogen and oxygen atoms in total. The lowest BCUT2D eigenvalue weighted by atomic mass is 10.3. The predicted molar refractivity (Wildman–Crippen MR) is 106 cm³/mol. The van der Waals surface area contributed by atoms with Crippen molar-refractivity contribution in [2.24, 2.45) is 0 Å². The molecule has 2 fully saturated rings. The summed E-state index contributed by atoms with van der Waals surface area (Å²) in [5, 5.41) is 28.0. The first kappa shape index (κ1) is 26.1. The summed E-state index contributed by atoms with van der Waals surface area (Å²) in [6.45, 7) is -0.968. The molecule has 0 bridgehead atoms. The lowest BCUT2D eigenvalue weighted by Gasteiger charge is -2.36. The van der Waals surface area contributed by atoms with Gasteiger partial charge in [-0.1, -0.05) is 0 Å². The van der Waals surface area contributed by atoms with Gasteiger partial charge in [-0.05, 0) is 0 Å². The van der Waals surface area contributed by atoms with Crippen LogP contribution in [0.5, 0.6) is 0 Å². The van der Waals surface area contributed by atoms with Gasteiger partial charge in [-0.2, -0.15) is 0 Å². The molecule has 0 saturated carbocycles. The molecule has 33 heavy (non-hydrogen) atoms. The zero-order chi connectivity index (χ0) is 24.5. The van der Waals surface area contributed by atoms with E-state index in [9.17, 15) is 39.0 Å². The van der Waals surface area contributed by atoms with Gasteiger partial charge in [-0.25, -0.2) is 4.79 Å². The molecule has 0 radical (unpaired) electrons. The summed E-state index contributed by atoms with van der Waals surface area (Å²) < 4.78 is 0. The molecule has 2 saturated heterocycles. The second-order valence-electron chi connectivity index (χ2n) is 7.72. The van der Waals surface area contributed by atoms with E-state index in [1.165, 1.54) is 14.7 Å². The monoisotopic (exact) mass is 473 g/mol. The Balaban J connectivity index is 2.11. The van der Waals surface area contributed by atoms with Gasteiger partial charge in [0, 0.05) is 39.0 Å². The van der Waals surface area contributed by atoms with Crippen molar-refractivity contribution in [3.63, 3.8) is 0 Å². The van der Waals surface area contributed by atoms with Gasteiger partial charge in [0.05, 0.1) is 39.5 Å². The van der Waals surface area contributed by atoms with Crippen LogP contribution in [0, 0.1) is 0 Å². The Hall–Kier alpha value is -3.14. The van der Waals surface area contributed by atoms with Crippen molar-refractivity contribution in [2.45, 2.75) is 12.8 Å². The minimum absolute atomic E-state index is 0.0447. The molecule has 2 heterocycles. The van der Waals surface area contributed by atoms with Crippen LogP contribution in [0.3, 0.4) is 0 Å². The van der Waals surface area contributed by atoms with Crippen LogP contribution in [-0.2, 0) is 33.6 Å². The van der Waals surface area contributed by atoms with Gasteiger partial charge in [-0.15, -0.1) is 5.06 Å². The maximum atomic E-state index is 12.3. The van der Waals surface area contributed by atoms with Crippen LogP contribution in [0.4, 0.5) is 0 Å². The molecular weight excluding hydrogens is 446 g/mol. The highest BCUT2D eigenvalue weighted by Crippen LogP contribution is 2.12. The molecule has 0 unspecified atom stereocenters.